The second-order valence-corrected chi connectivity index (χ2v) is 7.66. The zero-order chi connectivity index (χ0) is 20.0. The number of aromatic nitrogens is 1. The average Bonchev–Trinajstić information content (AvgIpc) is 3.17. The summed E-state index contributed by atoms with van der Waals surface area (Å²) >= 11 is 1.30. The molecule has 28 heavy (non-hydrogen) atoms. The van der Waals surface area contributed by atoms with Crippen LogP contribution in [0, 0.1) is 19.3 Å². The summed E-state index contributed by atoms with van der Waals surface area (Å²) in [6, 6.07) is 9.79. The predicted octanol–water partition coefficient (Wildman–Crippen LogP) is 3.74. The lowest BCUT2D eigenvalue weighted by Gasteiger charge is -2.20. The molecule has 7 nitrogen and oxygen atoms in total. The van der Waals surface area contributed by atoms with Crippen LogP contribution >= 0.6 is 11.8 Å². The van der Waals surface area contributed by atoms with E-state index in [2.05, 4.69) is 14.7 Å². The molecule has 0 radical (unpaired) electrons. The number of benzene rings is 1. The fourth-order valence-corrected chi connectivity index (χ4v) is 4.06. The summed E-state index contributed by atoms with van der Waals surface area (Å²) in [6.45, 7) is 5.82. The molecule has 0 bridgehead atoms. The van der Waals surface area contributed by atoms with Crippen LogP contribution < -0.4 is 4.74 Å². The van der Waals surface area contributed by atoms with Crippen molar-refractivity contribution in [3.05, 3.63) is 52.9 Å². The molecular weight excluding hydrogens is 374 g/mol. The van der Waals surface area contributed by atoms with Gasteiger partial charge in [-0.25, -0.2) is 0 Å². The number of amides is 1. The molecule has 8 heteroatoms. The molecule has 0 unspecified atom stereocenters. The van der Waals surface area contributed by atoms with Crippen molar-refractivity contribution in [2.24, 2.45) is 10.1 Å². The van der Waals surface area contributed by atoms with Gasteiger partial charge >= 0.3 is 0 Å². The molecule has 142 valence electrons. The van der Waals surface area contributed by atoms with Gasteiger partial charge in [-0.1, -0.05) is 6.07 Å². The zero-order valence-corrected chi connectivity index (χ0v) is 16.8. The molecule has 1 amide bonds. The number of hydrazone groups is 1. The standard InChI is InChI=1S/C20H19N5O2S/c1-11-8-14(12(2)24(11)15-6-5-7-16(10-15)27-4)9-17-18(21)25-20(22-19(17)26)28-13(3)23-25/h5-10,21H,1-4H3/b17-9+,21-18?. The maximum Gasteiger partial charge on any atom is 0.283 e. The van der Waals surface area contributed by atoms with Gasteiger partial charge in [0.05, 0.1) is 17.7 Å². The first-order valence-corrected chi connectivity index (χ1v) is 9.51. The number of hydrogen-bond acceptors (Lipinski definition) is 5. The lowest BCUT2D eigenvalue weighted by molar-refractivity contribution is -0.114. The van der Waals surface area contributed by atoms with Crippen LogP contribution in [0.1, 0.15) is 23.9 Å². The summed E-state index contributed by atoms with van der Waals surface area (Å²) in [4.78, 5) is 16.6. The average molecular weight is 393 g/mol. The van der Waals surface area contributed by atoms with Gasteiger partial charge in [-0.3, -0.25) is 10.2 Å². The topological polar surface area (TPSA) is 83.0 Å². The number of rotatable bonds is 3. The van der Waals surface area contributed by atoms with Crippen molar-refractivity contribution in [3.63, 3.8) is 0 Å². The molecule has 0 spiro atoms. The first-order chi connectivity index (χ1) is 13.4. The third-order valence-corrected chi connectivity index (χ3v) is 5.46. The molecule has 2 aliphatic heterocycles. The summed E-state index contributed by atoms with van der Waals surface area (Å²) in [5, 5.41) is 15.3. The Morgan fingerprint density at radius 1 is 1.21 bits per heavy atom. The molecule has 1 N–H and O–H groups in total. The number of hydrogen-bond donors (Lipinski definition) is 1. The highest BCUT2D eigenvalue weighted by molar-refractivity contribution is 8.26. The summed E-state index contributed by atoms with van der Waals surface area (Å²) in [6.07, 6.45) is 1.72. The van der Waals surface area contributed by atoms with Crippen LogP contribution in [-0.2, 0) is 4.79 Å². The molecular formula is C20H19N5O2S. The van der Waals surface area contributed by atoms with Gasteiger partial charge in [-0.2, -0.15) is 15.1 Å². The van der Waals surface area contributed by atoms with Crippen molar-refractivity contribution in [1.82, 2.24) is 9.58 Å². The highest BCUT2D eigenvalue weighted by atomic mass is 32.2. The summed E-state index contributed by atoms with van der Waals surface area (Å²) < 4.78 is 7.42. The molecule has 0 atom stereocenters. The molecule has 0 saturated heterocycles. The normalized spacial score (nSPS) is 17.7. The minimum absolute atomic E-state index is 0.0468. The van der Waals surface area contributed by atoms with Gasteiger partial charge in [0.2, 0.25) is 5.17 Å². The van der Waals surface area contributed by atoms with Crippen molar-refractivity contribution >= 4 is 39.8 Å². The summed E-state index contributed by atoms with van der Waals surface area (Å²) in [5.74, 6) is 0.404. The predicted molar refractivity (Wildman–Crippen MR) is 112 cm³/mol. The van der Waals surface area contributed by atoms with Gasteiger partial charge in [0.15, 0.2) is 5.84 Å². The maximum atomic E-state index is 12.5. The number of ether oxygens (including phenoxy) is 1. The number of thioether (sulfide) groups is 1. The number of fused-ring (bicyclic) bond motifs is 1. The summed E-state index contributed by atoms with van der Waals surface area (Å²) in [5.41, 5.74) is 4.04. The van der Waals surface area contributed by atoms with Gasteiger partial charge < -0.3 is 9.30 Å². The Labute approximate surface area is 166 Å². The van der Waals surface area contributed by atoms with Crippen LogP contribution in [0.25, 0.3) is 11.8 Å². The monoisotopic (exact) mass is 393 g/mol. The third kappa shape index (κ3) is 2.95. The maximum absolute atomic E-state index is 12.5. The Morgan fingerprint density at radius 2 is 2.00 bits per heavy atom. The Balaban J connectivity index is 1.77. The lowest BCUT2D eigenvalue weighted by Crippen LogP contribution is -2.35. The lowest BCUT2D eigenvalue weighted by atomic mass is 10.1. The van der Waals surface area contributed by atoms with Crippen molar-refractivity contribution < 1.29 is 9.53 Å². The Hall–Kier alpha value is -3.13. The van der Waals surface area contributed by atoms with Crippen molar-refractivity contribution in [2.75, 3.05) is 7.11 Å². The second-order valence-electron chi connectivity index (χ2n) is 6.50. The second kappa shape index (κ2) is 6.79. The number of nitrogens with zero attached hydrogens (tertiary/aromatic N) is 4. The van der Waals surface area contributed by atoms with Crippen LogP contribution in [0.5, 0.6) is 5.75 Å². The van der Waals surface area contributed by atoms with E-state index in [9.17, 15) is 4.79 Å². The molecule has 1 aromatic heterocycles. The van der Waals surface area contributed by atoms with Crippen molar-refractivity contribution in [2.45, 2.75) is 20.8 Å². The van der Waals surface area contributed by atoms with Crippen molar-refractivity contribution in [1.29, 1.82) is 5.41 Å². The van der Waals surface area contributed by atoms with E-state index in [4.69, 9.17) is 10.1 Å². The third-order valence-electron chi connectivity index (χ3n) is 4.64. The number of carbonyl (C=O) groups excluding carboxylic acids is 1. The molecule has 0 saturated carbocycles. The molecule has 1 aromatic carbocycles. The van der Waals surface area contributed by atoms with Gasteiger partial charge in [0, 0.05) is 23.1 Å². The Bertz CT molecular complexity index is 1110. The smallest absolute Gasteiger partial charge is 0.283 e. The molecule has 0 aliphatic carbocycles. The minimum atomic E-state index is -0.417. The number of carbonyl (C=O) groups is 1. The number of amidine groups is 2. The highest BCUT2D eigenvalue weighted by Gasteiger charge is 2.34. The largest absolute Gasteiger partial charge is 0.497 e. The van der Waals surface area contributed by atoms with E-state index < -0.39 is 5.91 Å². The first kappa shape index (κ1) is 18.2. The van der Waals surface area contributed by atoms with Gasteiger partial charge in [0.25, 0.3) is 5.91 Å². The van der Waals surface area contributed by atoms with Crippen LogP contribution in [0.4, 0.5) is 0 Å². The van der Waals surface area contributed by atoms with E-state index in [1.165, 1.54) is 16.8 Å². The van der Waals surface area contributed by atoms with Gasteiger partial charge in [-0.15, -0.1) is 0 Å². The van der Waals surface area contributed by atoms with E-state index in [1.807, 2.05) is 51.1 Å². The van der Waals surface area contributed by atoms with Gasteiger partial charge in [-0.05, 0) is 62.4 Å². The van der Waals surface area contributed by atoms with E-state index in [1.54, 1.807) is 13.2 Å². The minimum Gasteiger partial charge on any atom is -0.497 e. The molecule has 0 fully saturated rings. The van der Waals surface area contributed by atoms with Crippen LogP contribution in [-0.4, -0.2) is 38.6 Å². The number of nitrogens with one attached hydrogen (secondary N) is 1. The van der Waals surface area contributed by atoms with Crippen LogP contribution in [0.3, 0.4) is 0 Å². The van der Waals surface area contributed by atoms with Crippen LogP contribution in [0.15, 0.2) is 46.0 Å². The number of aliphatic imine (C=N–C) groups is 1. The Morgan fingerprint density at radius 3 is 2.75 bits per heavy atom. The summed E-state index contributed by atoms with van der Waals surface area (Å²) in [7, 11) is 1.64. The van der Waals surface area contributed by atoms with Crippen molar-refractivity contribution in [3.8, 4) is 11.4 Å². The quantitative estimate of drug-likeness (QED) is 0.805. The van der Waals surface area contributed by atoms with E-state index >= 15 is 0 Å². The van der Waals surface area contributed by atoms with Gasteiger partial charge in [0.1, 0.15) is 5.75 Å². The zero-order valence-electron chi connectivity index (χ0n) is 16.0. The molecule has 3 heterocycles. The fraction of sp³-hybridized carbons (Fsp3) is 0.200. The fourth-order valence-electron chi connectivity index (χ4n) is 3.32. The van der Waals surface area contributed by atoms with Crippen LogP contribution in [0.2, 0.25) is 0 Å². The van der Waals surface area contributed by atoms with E-state index in [0.717, 1.165) is 33.4 Å². The highest BCUT2D eigenvalue weighted by Crippen LogP contribution is 2.30. The molecule has 2 aromatic rings. The Kier molecular flexibility index (Phi) is 4.43. The number of aryl methyl sites for hydroxylation is 1. The molecule has 2 aliphatic rings. The van der Waals surface area contributed by atoms with E-state index in [0.29, 0.717) is 5.17 Å². The van der Waals surface area contributed by atoms with E-state index in [-0.39, 0.29) is 11.4 Å². The molecule has 4 rings (SSSR count). The number of methoxy groups -OCH3 is 1. The first-order valence-electron chi connectivity index (χ1n) is 8.69. The SMILES string of the molecule is COc1cccc(-n2c(C)cc(/C=C3\C(=N)N4N=C(C)SC4=NC3=O)c2C)c1.